The van der Waals surface area contributed by atoms with Crippen molar-refractivity contribution in [2.45, 2.75) is 20.4 Å². The van der Waals surface area contributed by atoms with Crippen molar-refractivity contribution in [1.29, 1.82) is 0 Å². The normalized spacial score (nSPS) is 10.2. The molecule has 12 heavy (non-hydrogen) atoms. The molecule has 0 aliphatic heterocycles. The van der Waals surface area contributed by atoms with Crippen LogP contribution in [-0.4, -0.2) is 11.5 Å². The minimum Gasteiger partial charge on any atom is -0.308 e. The zero-order valence-electron chi connectivity index (χ0n) is 7.55. The summed E-state index contributed by atoms with van der Waals surface area (Å²) in [6.07, 6.45) is 0. The van der Waals surface area contributed by atoms with Crippen molar-refractivity contribution in [3.05, 3.63) is 28.2 Å². The molecule has 3 heteroatoms. The van der Waals surface area contributed by atoms with Gasteiger partial charge >= 0.3 is 0 Å². The third kappa shape index (κ3) is 2.75. The van der Waals surface area contributed by atoms with Gasteiger partial charge in [0.05, 0.1) is 11.2 Å². The first-order valence-corrected chi connectivity index (χ1v) is 4.82. The fourth-order valence-corrected chi connectivity index (χ4v) is 1.63. The Morgan fingerprint density at radius 2 is 2.50 bits per heavy atom. The smallest absolute Gasteiger partial charge is 0.0798 e. The summed E-state index contributed by atoms with van der Waals surface area (Å²) in [5.74, 6) is 0. The summed E-state index contributed by atoms with van der Waals surface area (Å²) >= 11 is 1.70. The highest BCUT2D eigenvalue weighted by atomic mass is 32.1. The van der Waals surface area contributed by atoms with E-state index in [0.717, 1.165) is 24.4 Å². The summed E-state index contributed by atoms with van der Waals surface area (Å²) in [5, 5.41) is 3.30. The maximum atomic E-state index is 4.17. The second kappa shape index (κ2) is 4.38. The minimum absolute atomic E-state index is 0.886. The molecule has 0 spiro atoms. The van der Waals surface area contributed by atoms with E-state index in [-0.39, 0.29) is 0 Å². The van der Waals surface area contributed by atoms with Gasteiger partial charge in [0.2, 0.25) is 0 Å². The van der Waals surface area contributed by atoms with E-state index >= 15 is 0 Å². The van der Waals surface area contributed by atoms with E-state index in [2.05, 4.69) is 16.9 Å². The maximum absolute atomic E-state index is 4.17. The Hall–Kier alpha value is -0.670. The Morgan fingerprint density at radius 3 is 3.00 bits per heavy atom. The lowest BCUT2D eigenvalue weighted by Gasteiger charge is -2.01. The SMILES string of the molecule is C=C(C)CNCc1scnc1C. The monoisotopic (exact) mass is 182 g/mol. The quantitative estimate of drug-likeness (QED) is 0.721. The summed E-state index contributed by atoms with van der Waals surface area (Å²) in [4.78, 5) is 5.49. The molecule has 0 bridgehead atoms. The molecule has 0 fully saturated rings. The van der Waals surface area contributed by atoms with Gasteiger partial charge in [0.15, 0.2) is 0 Å². The predicted molar refractivity (Wildman–Crippen MR) is 53.4 cm³/mol. The first-order chi connectivity index (χ1) is 5.70. The molecule has 2 nitrogen and oxygen atoms in total. The first-order valence-electron chi connectivity index (χ1n) is 3.94. The van der Waals surface area contributed by atoms with Crippen LogP contribution < -0.4 is 5.32 Å². The van der Waals surface area contributed by atoms with Crippen LogP contribution in [0.4, 0.5) is 0 Å². The van der Waals surface area contributed by atoms with Gasteiger partial charge in [-0.1, -0.05) is 12.2 Å². The largest absolute Gasteiger partial charge is 0.308 e. The van der Waals surface area contributed by atoms with Crippen LogP contribution in [0.25, 0.3) is 0 Å². The standard InChI is InChI=1S/C9H14N2S/c1-7(2)4-10-5-9-8(3)11-6-12-9/h6,10H,1,4-5H2,2-3H3. The highest BCUT2D eigenvalue weighted by Crippen LogP contribution is 2.10. The van der Waals surface area contributed by atoms with Gasteiger partial charge in [-0.3, -0.25) is 0 Å². The number of aryl methyl sites for hydroxylation is 1. The number of rotatable bonds is 4. The summed E-state index contributed by atoms with van der Waals surface area (Å²) in [5.41, 5.74) is 4.18. The van der Waals surface area contributed by atoms with Gasteiger partial charge in [-0.2, -0.15) is 0 Å². The first kappa shape index (κ1) is 9.42. The molecule has 0 radical (unpaired) electrons. The van der Waals surface area contributed by atoms with Crippen molar-refractivity contribution in [2.24, 2.45) is 0 Å². The van der Waals surface area contributed by atoms with Gasteiger partial charge in [-0.15, -0.1) is 11.3 Å². The van der Waals surface area contributed by atoms with Crippen LogP contribution in [0.1, 0.15) is 17.5 Å². The highest BCUT2D eigenvalue weighted by Gasteiger charge is 1.99. The van der Waals surface area contributed by atoms with Crippen molar-refractivity contribution in [3.8, 4) is 0 Å². The van der Waals surface area contributed by atoms with Gasteiger partial charge in [0, 0.05) is 18.0 Å². The van der Waals surface area contributed by atoms with Gasteiger partial charge < -0.3 is 5.32 Å². The lowest BCUT2D eigenvalue weighted by Crippen LogP contribution is -2.14. The molecule has 1 N–H and O–H groups in total. The van der Waals surface area contributed by atoms with Crippen LogP contribution in [0.3, 0.4) is 0 Å². The van der Waals surface area contributed by atoms with Crippen molar-refractivity contribution >= 4 is 11.3 Å². The molecule has 0 aromatic carbocycles. The van der Waals surface area contributed by atoms with Crippen LogP contribution in [0, 0.1) is 6.92 Å². The second-order valence-corrected chi connectivity index (χ2v) is 3.86. The Bertz CT molecular complexity index is 265. The average molecular weight is 182 g/mol. The average Bonchev–Trinajstić information content (AvgIpc) is 2.36. The number of hydrogen-bond donors (Lipinski definition) is 1. The summed E-state index contributed by atoms with van der Waals surface area (Å²) in [7, 11) is 0. The third-order valence-corrected chi connectivity index (χ3v) is 2.49. The van der Waals surface area contributed by atoms with E-state index < -0.39 is 0 Å². The molecule has 0 saturated carbocycles. The zero-order chi connectivity index (χ0) is 8.97. The van der Waals surface area contributed by atoms with Crippen LogP contribution in [0.15, 0.2) is 17.7 Å². The molecule has 0 atom stereocenters. The molecule has 0 aliphatic carbocycles. The molecule has 0 unspecified atom stereocenters. The molecular weight excluding hydrogens is 168 g/mol. The lowest BCUT2D eigenvalue weighted by molar-refractivity contribution is 0.745. The number of nitrogens with one attached hydrogen (secondary N) is 1. The van der Waals surface area contributed by atoms with Gasteiger partial charge in [-0.05, 0) is 13.8 Å². The Morgan fingerprint density at radius 1 is 1.75 bits per heavy atom. The van der Waals surface area contributed by atoms with Gasteiger partial charge in [-0.25, -0.2) is 4.98 Å². The predicted octanol–water partition coefficient (Wildman–Crippen LogP) is 2.12. The second-order valence-electron chi connectivity index (χ2n) is 2.92. The number of nitrogens with zero attached hydrogens (tertiary/aromatic N) is 1. The lowest BCUT2D eigenvalue weighted by atomic mass is 10.3. The van der Waals surface area contributed by atoms with E-state index in [1.807, 2.05) is 19.4 Å². The number of hydrogen-bond acceptors (Lipinski definition) is 3. The van der Waals surface area contributed by atoms with Crippen LogP contribution >= 0.6 is 11.3 Å². The van der Waals surface area contributed by atoms with E-state index in [4.69, 9.17) is 0 Å². The van der Waals surface area contributed by atoms with Crippen molar-refractivity contribution in [2.75, 3.05) is 6.54 Å². The molecule has 1 aromatic rings. The Kier molecular flexibility index (Phi) is 3.44. The van der Waals surface area contributed by atoms with E-state index in [1.165, 1.54) is 4.88 Å². The molecule has 1 heterocycles. The van der Waals surface area contributed by atoms with Crippen LogP contribution in [-0.2, 0) is 6.54 Å². The van der Waals surface area contributed by atoms with Gasteiger partial charge in [0.25, 0.3) is 0 Å². The number of thiazole rings is 1. The van der Waals surface area contributed by atoms with E-state index in [0.29, 0.717) is 0 Å². The fourth-order valence-electron chi connectivity index (χ4n) is 0.885. The van der Waals surface area contributed by atoms with Crippen LogP contribution in [0.2, 0.25) is 0 Å². The van der Waals surface area contributed by atoms with Crippen molar-refractivity contribution in [1.82, 2.24) is 10.3 Å². The minimum atomic E-state index is 0.886. The number of aromatic nitrogens is 1. The maximum Gasteiger partial charge on any atom is 0.0798 e. The zero-order valence-corrected chi connectivity index (χ0v) is 8.37. The molecule has 0 saturated heterocycles. The van der Waals surface area contributed by atoms with Gasteiger partial charge in [0.1, 0.15) is 0 Å². The summed E-state index contributed by atoms with van der Waals surface area (Å²) < 4.78 is 0. The van der Waals surface area contributed by atoms with E-state index in [1.54, 1.807) is 11.3 Å². The Balaban J connectivity index is 2.33. The van der Waals surface area contributed by atoms with Crippen molar-refractivity contribution in [3.63, 3.8) is 0 Å². The molecule has 0 aliphatic rings. The molecule has 66 valence electrons. The molecule has 1 aromatic heterocycles. The Labute approximate surface area is 77.3 Å². The van der Waals surface area contributed by atoms with Crippen LogP contribution in [0.5, 0.6) is 0 Å². The molecular formula is C9H14N2S. The van der Waals surface area contributed by atoms with Crippen molar-refractivity contribution < 1.29 is 0 Å². The third-order valence-electron chi connectivity index (χ3n) is 1.56. The van der Waals surface area contributed by atoms with E-state index in [9.17, 15) is 0 Å². The topological polar surface area (TPSA) is 24.9 Å². The molecule has 0 amide bonds. The molecule has 1 rings (SSSR count). The summed E-state index contributed by atoms with van der Waals surface area (Å²) in [6, 6.07) is 0. The summed E-state index contributed by atoms with van der Waals surface area (Å²) in [6.45, 7) is 9.67. The highest BCUT2D eigenvalue weighted by molar-refractivity contribution is 7.09. The fraction of sp³-hybridized carbons (Fsp3) is 0.444.